The lowest BCUT2D eigenvalue weighted by atomic mass is 10.1. The molecule has 1 aromatic carbocycles. The van der Waals surface area contributed by atoms with Crippen molar-refractivity contribution in [1.29, 1.82) is 0 Å². The number of anilines is 2. The number of benzene rings is 1. The third kappa shape index (κ3) is 4.57. The highest BCUT2D eigenvalue weighted by Crippen LogP contribution is 2.20. The van der Waals surface area contributed by atoms with Gasteiger partial charge in [-0.2, -0.15) is 0 Å². The molecule has 2 rings (SSSR count). The minimum atomic E-state index is -0.164. The summed E-state index contributed by atoms with van der Waals surface area (Å²) >= 11 is 0. The molecule has 0 fully saturated rings. The van der Waals surface area contributed by atoms with Crippen molar-refractivity contribution in [2.75, 3.05) is 24.4 Å². The van der Waals surface area contributed by atoms with Crippen molar-refractivity contribution in [3.8, 4) is 0 Å². The van der Waals surface area contributed by atoms with Gasteiger partial charge in [0.25, 0.3) is 0 Å². The fourth-order valence-electron chi connectivity index (χ4n) is 1.96. The molecule has 1 unspecified atom stereocenters. The van der Waals surface area contributed by atoms with Crippen LogP contribution in [0.1, 0.15) is 18.5 Å². The molecule has 110 valence electrons. The number of nitrogens with zero attached hydrogens (tertiary/aromatic N) is 1. The molecule has 5 heteroatoms. The van der Waals surface area contributed by atoms with Gasteiger partial charge in [-0.15, -0.1) is 0 Å². The monoisotopic (exact) mass is 285 g/mol. The topological polar surface area (TPSA) is 63.2 Å². The number of carbonyl (C=O) groups is 1. The van der Waals surface area contributed by atoms with Crippen LogP contribution in [0.4, 0.5) is 11.4 Å². The first-order valence-corrected chi connectivity index (χ1v) is 6.74. The van der Waals surface area contributed by atoms with E-state index in [1.807, 2.05) is 36.4 Å². The largest absolute Gasteiger partial charge is 0.379 e. The molecule has 0 aliphatic carbocycles. The molecule has 0 aliphatic heterocycles. The zero-order chi connectivity index (χ0) is 15.1. The number of hydrogen-bond donors (Lipinski definition) is 2. The van der Waals surface area contributed by atoms with Crippen LogP contribution in [-0.4, -0.2) is 24.6 Å². The number of hydrogen-bond acceptors (Lipinski definition) is 4. The second-order valence-electron chi connectivity index (χ2n) is 4.71. The maximum atomic E-state index is 11.4. The average molecular weight is 285 g/mol. The van der Waals surface area contributed by atoms with Crippen LogP contribution in [0, 0.1) is 0 Å². The molecule has 5 nitrogen and oxygen atoms in total. The van der Waals surface area contributed by atoms with E-state index in [9.17, 15) is 4.79 Å². The predicted octanol–water partition coefficient (Wildman–Crippen LogP) is 2.84. The Morgan fingerprint density at radius 3 is 2.38 bits per heavy atom. The number of pyridine rings is 1. The molecular weight excluding hydrogens is 266 g/mol. The van der Waals surface area contributed by atoms with E-state index in [0.717, 1.165) is 11.4 Å². The summed E-state index contributed by atoms with van der Waals surface area (Å²) < 4.78 is 4.77. The number of nitrogens with one attached hydrogen (secondary N) is 2. The molecule has 21 heavy (non-hydrogen) atoms. The molecule has 0 aliphatic rings. The van der Waals surface area contributed by atoms with Crippen molar-refractivity contribution < 1.29 is 9.53 Å². The number of methoxy groups -OCH3 is 1. The van der Waals surface area contributed by atoms with E-state index in [0.29, 0.717) is 0 Å². The SMILES string of the molecule is COCC(=O)Nc1ccc(NC(C)c2ccncc2)cc1. The van der Waals surface area contributed by atoms with Gasteiger partial charge < -0.3 is 15.4 Å². The molecule has 2 N–H and O–H groups in total. The second kappa shape index (κ2) is 7.40. The van der Waals surface area contributed by atoms with Crippen LogP contribution in [0.15, 0.2) is 48.8 Å². The smallest absolute Gasteiger partial charge is 0.250 e. The van der Waals surface area contributed by atoms with Crippen LogP contribution < -0.4 is 10.6 Å². The summed E-state index contributed by atoms with van der Waals surface area (Å²) in [5.41, 5.74) is 2.91. The minimum absolute atomic E-state index is 0.0546. The van der Waals surface area contributed by atoms with Gasteiger partial charge in [0.1, 0.15) is 6.61 Å². The maximum absolute atomic E-state index is 11.4. The Kier molecular flexibility index (Phi) is 5.29. The fourth-order valence-corrected chi connectivity index (χ4v) is 1.96. The van der Waals surface area contributed by atoms with Gasteiger partial charge in [-0.1, -0.05) is 0 Å². The van der Waals surface area contributed by atoms with Crippen molar-refractivity contribution >= 4 is 17.3 Å². The number of ether oxygens (including phenoxy) is 1. The lowest BCUT2D eigenvalue weighted by Gasteiger charge is -2.16. The number of rotatable bonds is 6. The molecule has 0 spiro atoms. The van der Waals surface area contributed by atoms with Crippen LogP contribution in [-0.2, 0) is 9.53 Å². The standard InChI is InChI=1S/C16H19N3O2/c1-12(13-7-9-17-10-8-13)18-14-3-5-15(6-4-14)19-16(20)11-21-2/h3-10,12,18H,11H2,1-2H3,(H,19,20). The Hall–Kier alpha value is -2.40. The second-order valence-corrected chi connectivity index (χ2v) is 4.71. The van der Waals surface area contributed by atoms with Gasteiger partial charge in [0, 0.05) is 36.9 Å². The van der Waals surface area contributed by atoms with E-state index in [4.69, 9.17) is 4.74 Å². The van der Waals surface area contributed by atoms with E-state index < -0.39 is 0 Å². The zero-order valence-electron chi connectivity index (χ0n) is 12.2. The van der Waals surface area contributed by atoms with Gasteiger partial charge in [-0.3, -0.25) is 9.78 Å². The Balaban J connectivity index is 1.95. The van der Waals surface area contributed by atoms with E-state index in [1.165, 1.54) is 12.7 Å². The van der Waals surface area contributed by atoms with Gasteiger partial charge >= 0.3 is 0 Å². The van der Waals surface area contributed by atoms with Crippen molar-refractivity contribution in [3.05, 3.63) is 54.4 Å². The first-order chi connectivity index (χ1) is 10.2. The van der Waals surface area contributed by atoms with Gasteiger partial charge in [0.2, 0.25) is 5.91 Å². The van der Waals surface area contributed by atoms with Crippen LogP contribution >= 0.6 is 0 Å². The molecule has 1 amide bonds. The molecular formula is C16H19N3O2. The lowest BCUT2D eigenvalue weighted by Crippen LogP contribution is -2.17. The Morgan fingerprint density at radius 2 is 1.76 bits per heavy atom. The first-order valence-electron chi connectivity index (χ1n) is 6.74. The summed E-state index contributed by atoms with van der Waals surface area (Å²) in [6.07, 6.45) is 3.56. The Labute approximate surface area is 124 Å². The Morgan fingerprint density at radius 1 is 1.14 bits per heavy atom. The van der Waals surface area contributed by atoms with E-state index in [-0.39, 0.29) is 18.6 Å². The quantitative estimate of drug-likeness (QED) is 0.856. The van der Waals surface area contributed by atoms with Gasteiger partial charge in [-0.25, -0.2) is 0 Å². The van der Waals surface area contributed by atoms with Gasteiger partial charge in [0.15, 0.2) is 0 Å². The number of amides is 1. The molecule has 0 radical (unpaired) electrons. The van der Waals surface area contributed by atoms with Gasteiger partial charge in [-0.05, 0) is 48.9 Å². The van der Waals surface area contributed by atoms with Crippen molar-refractivity contribution in [2.45, 2.75) is 13.0 Å². The average Bonchev–Trinajstić information content (AvgIpc) is 2.50. The maximum Gasteiger partial charge on any atom is 0.250 e. The molecule has 1 aromatic heterocycles. The molecule has 0 saturated carbocycles. The molecule has 0 saturated heterocycles. The summed E-state index contributed by atoms with van der Waals surface area (Å²) in [5.74, 6) is -0.164. The third-order valence-corrected chi connectivity index (χ3v) is 3.03. The highest BCUT2D eigenvalue weighted by molar-refractivity contribution is 5.91. The summed E-state index contributed by atoms with van der Waals surface area (Å²) in [4.78, 5) is 15.4. The van der Waals surface area contributed by atoms with Crippen molar-refractivity contribution in [3.63, 3.8) is 0 Å². The van der Waals surface area contributed by atoms with E-state index >= 15 is 0 Å². The number of aromatic nitrogens is 1. The molecule has 0 bridgehead atoms. The van der Waals surface area contributed by atoms with Gasteiger partial charge in [0.05, 0.1) is 0 Å². The third-order valence-electron chi connectivity index (χ3n) is 3.03. The summed E-state index contributed by atoms with van der Waals surface area (Å²) in [7, 11) is 1.49. The highest BCUT2D eigenvalue weighted by Gasteiger charge is 2.05. The summed E-state index contributed by atoms with van der Waals surface area (Å²) in [6, 6.07) is 11.7. The summed E-state index contributed by atoms with van der Waals surface area (Å²) in [6.45, 7) is 2.14. The predicted molar refractivity (Wildman–Crippen MR) is 83.2 cm³/mol. The van der Waals surface area contributed by atoms with Crippen LogP contribution in [0.2, 0.25) is 0 Å². The molecule has 1 atom stereocenters. The lowest BCUT2D eigenvalue weighted by molar-refractivity contribution is -0.119. The van der Waals surface area contributed by atoms with Crippen LogP contribution in [0.25, 0.3) is 0 Å². The highest BCUT2D eigenvalue weighted by atomic mass is 16.5. The van der Waals surface area contributed by atoms with Crippen molar-refractivity contribution in [1.82, 2.24) is 4.98 Å². The van der Waals surface area contributed by atoms with Crippen LogP contribution in [0.5, 0.6) is 0 Å². The van der Waals surface area contributed by atoms with Crippen LogP contribution in [0.3, 0.4) is 0 Å². The fraction of sp³-hybridized carbons (Fsp3) is 0.250. The normalized spacial score (nSPS) is 11.7. The molecule has 2 aromatic rings. The first kappa shape index (κ1) is 15.0. The molecule has 1 heterocycles. The zero-order valence-corrected chi connectivity index (χ0v) is 12.2. The minimum Gasteiger partial charge on any atom is -0.379 e. The van der Waals surface area contributed by atoms with E-state index in [1.54, 1.807) is 12.4 Å². The number of carbonyl (C=O) groups excluding carboxylic acids is 1. The Bertz CT molecular complexity index is 570. The van der Waals surface area contributed by atoms with E-state index in [2.05, 4.69) is 22.5 Å². The summed E-state index contributed by atoms with van der Waals surface area (Å²) in [5, 5.41) is 6.15. The van der Waals surface area contributed by atoms with Crippen molar-refractivity contribution in [2.24, 2.45) is 0 Å².